The lowest BCUT2D eigenvalue weighted by molar-refractivity contribution is 0.468. The molecule has 4 heterocycles. The molecule has 6 heteroatoms. The molecule has 354 valence electrons. The highest BCUT2D eigenvalue weighted by Crippen LogP contribution is 2.63. The normalized spacial score (nSPS) is 17.5. The molecule has 0 amide bonds. The molecule has 0 spiro atoms. The summed E-state index contributed by atoms with van der Waals surface area (Å²) in [6.45, 7) is 19.3. The van der Waals surface area contributed by atoms with Crippen LogP contribution in [0.3, 0.4) is 0 Å². The molecule has 0 saturated carbocycles. The van der Waals surface area contributed by atoms with E-state index in [2.05, 4.69) is 281 Å². The largest absolute Gasteiger partial charge is 0.335 e. The number of para-hydroxylation sites is 5. The van der Waals surface area contributed by atoms with Gasteiger partial charge in [0, 0.05) is 62.6 Å². The van der Waals surface area contributed by atoms with E-state index in [0.717, 1.165) is 11.4 Å². The fourth-order valence-electron chi connectivity index (χ4n) is 13.9. The third-order valence-electron chi connectivity index (χ3n) is 17.2. The average Bonchev–Trinajstić information content (AvgIpc) is 3.64. The first-order valence-electron chi connectivity index (χ1n) is 26.4. The van der Waals surface area contributed by atoms with E-state index in [9.17, 15) is 0 Å². The van der Waals surface area contributed by atoms with Gasteiger partial charge in [-0.15, -0.1) is 0 Å². The van der Waals surface area contributed by atoms with Crippen LogP contribution in [0.5, 0.6) is 0 Å². The Bertz CT molecular complexity index is 3670. The molecule has 4 nitrogen and oxygen atoms in total. The van der Waals surface area contributed by atoms with E-state index < -0.39 is 0 Å². The van der Waals surface area contributed by atoms with Crippen molar-refractivity contribution < 1.29 is 0 Å². The average molecular weight is 943 g/mol. The van der Waals surface area contributed by atoms with Crippen molar-refractivity contribution in [3.63, 3.8) is 0 Å². The fraction of sp³-hybridized carbons (Fsp3) is 0.194. The van der Waals surface area contributed by atoms with Gasteiger partial charge in [0.2, 0.25) is 6.71 Å². The first-order chi connectivity index (χ1) is 35.3. The Morgan fingerprint density at radius 3 is 1.36 bits per heavy atom. The summed E-state index contributed by atoms with van der Waals surface area (Å²) in [4.78, 5) is 10.6. The molecule has 0 saturated heterocycles. The molecule has 0 fully saturated rings. The number of benzene rings is 9. The quantitative estimate of drug-likeness (QED) is 0.163. The Balaban J connectivity index is 1.14. The van der Waals surface area contributed by atoms with Crippen molar-refractivity contribution in [3.8, 4) is 0 Å². The number of fused-ring (bicyclic) bond motifs is 10. The van der Waals surface area contributed by atoms with E-state index in [4.69, 9.17) is 0 Å². The minimum atomic E-state index is -0.176. The zero-order valence-corrected chi connectivity index (χ0v) is 43.2. The number of nitrogens with zero attached hydrogens (tertiary/aromatic N) is 4. The van der Waals surface area contributed by atoms with Crippen LogP contribution in [0.25, 0.3) is 0 Å². The minimum Gasteiger partial charge on any atom is -0.335 e. The van der Waals surface area contributed by atoms with Crippen LogP contribution in [-0.4, -0.2) is 13.4 Å². The van der Waals surface area contributed by atoms with Crippen LogP contribution in [0.2, 0.25) is 5.82 Å². The predicted molar refractivity (Wildman–Crippen MR) is 312 cm³/mol. The lowest BCUT2D eigenvalue weighted by Crippen LogP contribution is -2.64. The maximum Gasteiger partial charge on any atom is 0.252 e. The second-order valence-electron chi connectivity index (χ2n) is 23.8. The molecule has 14 rings (SSSR count). The molecular formula is C67H60B2N4. The summed E-state index contributed by atoms with van der Waals surface area (Å²) < 4.78 is 0. The molecule has 0 aromatic heterocycles. The summed E-state index contributed by atoms with van der Waals surface area (Å²) in [5.41, 5.74) is 25.5. The van der Waals surface area contributed by atoms with Crippen molar-refractivity contribution in [1.29, 1.82) is 0 Å². The van der Waals surface area contributed by atoms with Crippen molar-refractivity contribution in [2.45, 2.75) is 83.5 Å². The number of hydrogen-bond acceptors (Lipinski definition) is 4. The van der Waals surface area contributed by atoms with E-state index in [-0.39, 0.29) is 41.5 Å². The highest BCUT2D eigenvalue weighted by atomic mass is 15.2. The van der Waals surface area contributed by atoms with Crippen LogP contribution in [0, 0.1) is 0 Å². The van der Waals surface area contributed by atoms with Crippen molar-refractivity contribution >= 4 is 103 Å². The summed E-state index contributed by atoms with van der Waals surface area (Å²) in [5, 5.41) is 0. The number of hydrogen-bond donors (Lipinski definition) is 0. The van der Waals surface area contributed by atoms with E-state index >= 15 is 0 Å². The monoisotopic (exact) mass is 943 g/mol. The van der Waals surface area contributed by atoms with Crippen molar-refractivity contribution in [2.24, 2.45) is 0 Å². The summed E-state index contributed by atoms with van der Waals surface area (Å²) in [6.07, 6.45) is 0. The molecule has 5 aliphatic rings. The summed E-state index contributed by atoms with van der Waals surface area (Å²) in [5.74, 6) is 0.196. The van der Waals surface area contributed by atoms with E-state index in [0.29, 0.717) is 0 Å². The highest BCUT2D eigenvalue weighted by molar-refractivity contribution is 7.01. The van der Waals surface area contributed by atoms with Gasteiger partial charge in [0.15, 0.2) is 0 Å². The van der Waals surface area contributed by atoms with E-state index in [1.54, 1.807) is 0 Å². The molecule has 9 aromatic carbocycles. The van der Waals surface area contributed by atoms with Crippen LogP contribution >= 0.6 is 0 Å². The summed E-state index contributed by atoms with van der Waals surface area (Å²) >= 11 is 0. The lowest BCUT2D eigenvalue weighted by Gasteiger charge is -2.52. The minimum absolute atomic E-state index is 0.0363. The molecule has 2 atom stereocenters. The van der Waals surface area contributed by atoms with Gasteiger partial charge in [-0.05, 0) is 163 Å². The second-order valence-corrected chi connectivity index (χ2v) is 23.8. The zero-order valence-electron chi connectivity index (χ0n) is 43.2. The number of rotatable bonds is 4. The van der Waals surface area contributed by atoms with Gasteiger partial charge in [0.25, 0.3) is 6.71 Å². The first-order valence-corrected chi connectivity index (χ1v) is 26.4. The second kappa shape index (κ2) is 15.7. The fourth-order valence-corrected chi connectivity index (χ4v) is 13.9. The van der Waals surface area contributed by atoms with Gasteiger partial charge in [-0.2, -0.15) is 0 Å². The van der Waals surface area contributed by atoms with Crippen molar-refractivity contribution in [2.75, 3.05) is 19.6 Å². The Hall–Kier alpha value is -7.69. The van der Waals surface area contributed by atoms with Crippen LogP contribution in [0.4, 0.5) is 62.6 Å². The van der Waals surface area contributed by atoms with Gasteiger partial charge < -0.3 is 19.6 Å². The molecule has 4 aliphatic heterocycles. The third kappa shape index (κ3) is 6.35. The van der Waals surface area contributed by atoms with E-state index in [1.807, 2.05) is 0 Å². The predicted octanol–water partition coefficient (Wildman–Crippen LogP) is 14.3. The first kappa shape index (κ1) is 44.0. The Kier molecular flexibility index (Phi) is 9.45. The third-order valence-corrected chi connectivity index (χ3v) is 17.2. The van der Waals surface area contributed by atoms with Crippen LogP contribution < -0.4 is 46.9 Å². The molecule has 0 radical (unpaired) electrons. The van der Waals surface area contributed by atoms with Gasteiger partial charge in [-0.3, -0.25) is 0 Å². The van der Waals surface area contributed by atoms with Crippen LogP contribution in [0.15, 0.2) is 206 Å². The topological polar surface area (TPSA) is 13.0 Å². The van der Waals surface area contributed by atoms with Crippen LogP contribution in [-0.2, 0) is 16.2 Å². The van der Waals surface area contributed by atoms with Gasteiger partial charge in [-0.1, -0.05) is 171 Å². The van der Waals surface area contributed by atoms with Gasteiger partial charge in [0.05, 0.1) is 6.04 Å². The zero-order chi connectivity index (χ0) is 49.7. The van der Waals surface area contributed by atoms with Gasteiger partial charge in [-0.25, -0.2) is 0 Å². The smallest absolute Gasteiger partial charge is 0.252 e. The lowest BCUT2D eigenvalue weighted by atomic mass is 9.26. The molecule has 73 heavy (non-hydrogen) atoms. The number of anilines is 11. The van der Waals surface area contributed by atoms with Crippen molar-refractivity contribution in [3.05, 3.63) is 229 Å². The molecule has 9 aromatic rings. The van der Waals surface area contributed by atoms with Gasteiger partial charge >= 0.3 is 0 Å². The summed E-state index contributed by atoms with van der Waals surface area (Å²) in [7, 11) is 0. The standard InChI is InChI=1S/C67H60B2N4/c1-65(2,3)43-37-57-61-58(38-43)71(46-27-15-10-16-28-46)55-42-53-56(41-52(55)68(61)51-35-23-24-36-54(51)70(57)45-25-13-9-14-26-45)72(47-29-17-11-18-30-47)59-39-44(66(4,5)6)40-60-62(59)69(53)64-63(73(60)48-31-19-12-20-32-48)49-33-21-22-34-50(49)67(64,7)8/h9-42,63-64H,1-8H3. The Morgan fingerprint density at radius 1 is 0.384 bits per heavy atom. The molecule has 0 N–H and O–H groups in total. The van der Waals surface area contributed by atoms with E-state index in [1.165, 1.54) is 101 Å². The molecule has 0 bridgehead atoms. The molecular weight excluding hydrogens is 882 g/mol. The Labute approximate surface area is 432 Å². The SMILES string of the molecule is CC(C)(C)c1cc2c3c(c1)N(c1ccccc1)c1cc4c(cc1B3c1ccccc1N2c1ccccc1)N(c1ccccc1)c1cc(C(C)(C)C)cc2c1B4C1C(c3ccccc3C1(C)C)N2c1ccccc1. The maximum absolute atomic E-state index is 2.74. The van der Waals surface area contributed by atoms with Crippen LogP contribution in [0.1, 0.15) is 83.7 Å². The maximum atomic E-state index is 2.74. The highest BCUT2D eigenvalue weighted by Gasteiger charge is 2.60. The van der Waals surface area contributed by atoms with Gasteiger partial charge in [0.1, 0.15) is 0 Å². The molecule has 2 unspecified atom stereocenters. The Morgan fingerprint density at radius 2 is 0.808 bits per heavy atom. The summed E-state index contributed by atoms with van der Waals surface area (Å²) in [6, 6.07) is 78.9. The molecule has 1 aliphatic carbocycles. The van der Waals surface area contributed by atoms with Crippen molar-refractivity contribution in [1.82, 2.24) is 0 Å².